The number of carbonyl (C=O) groups is 2. The minimum absolute atomic E-state index is 0.0112. The van der Waals surface area contributed by atoms with E-state index in [4.69, 9.17) is 11.6 Å². The molecule has 0 radical (unpaired) electrons. The maximum absolute atomic E-state index is 12.7. The molecule has 0 bridgehead atoms. The van der Waals surface area contributed by atoms with E-state index in [2.05, 4.69) is 5.10 Å². The molecule has 0 saturated carbocycles. The maximum atomic E-state index is 12.7. The molecule has 0 unspecified atom stereocenters. The first-order chi connectivity index (χ1) is 13.0. The average Bonchev–Trinajstić information content (AvgIpc) is 2.66. The summed E-state index contributed by atoms with van der Waals surface area (Å²) in [4.78, 5) is 35.8. The number of hydrogen-bond acceptors (Lipinski definition) is 5. The zero-order valence-corrected chi connectivity index (χ0v) is 14.4. The van der Waals surface area contributed by atoms with Gasteiger partial charge in [-0.05, 0) is 23.6 Å². The molecule has 0 aliphatic carbocycles. The molecule has 2 amide bonds. The summed E-state index contributed by atoms with van der Waals surface area (Å²) in [5.41, 5.74) is 0.805. The van der Waals surface area contributed by atoms with Crippen molar-refractivity contribution in [3.8, 4) is 0 Å². The van der Waals surface area contributed by atoms with Crippen molar-refractivity contribution in [1.29, 1.82) is 0 Å². The van der Waals surface area contributed by atoms with Crippen LogP contribution in [0.5, 0.6) is 0 Å². The molecule has 132 valence electrons. The van der Waals surface area contributed by atoms with Gasteiger partial charge in [0.1, 0.15) is 5.02 Å². The van der Waals surface area contributed by atoms with Crippen LogP contribution in [-0.4, -0.2) is 28.0 Å². The summed E-state index contributed by atoms with van der Waals surface area (Å²) in [6.07, 6.45) is 1.22. The van der Waals surface area contributed by atoms with Gasteiger partial charge < -0.3 is 0 Å². The molecule has 1 heterocycles. The summed E-state index contributed by atoms with van der Waals surface area (Å²) in [6, 6.07) is 14.5. The molecule has 3 aromatic rings. The first-order valence-electron chi connectivity index (χ1n) is 7.86. The van der Waals surface area contributed by atoms with E-state index in [1.165, 1.54) is 24.4 Å². The quantitative estimate of drug-likeness (QED) is 0.297. The van der Waals surface area contributed by atoms with E-state index in [0.717, 1.165) is 10.4 Å². The molecule has 0 aromatic heterocycles. The fraction of sp³-hybridized carbons (Fsp3) is 0. The van der Waals surface area contributed by atoms with Crippen molar-refractivity contribution in [3.05, 3.63) is 86.4 Å². The van der Waals surface area contributed by atoms with E-state index in [9.17, 15) is 19.7 Å². The number of nitro benzene ring substituents is 1. The summed E-state index contributed by atoms with van der Waals surface area (Å²) in [6.45, 7) is 0. The van der Waals surface area contributed by atoms with Crippen molar-refractivity contribution < 1.29 is 14.5 Å². The van der Waals surface area contributed by atoms with Crippen LogP contribution in [0, 0.1) is 10.1 Å². The molecule has 1 aliphatic heterocycles. The van der Waals surface area contributed by atoms with E-state index < -0.39 is 16.7 Å². The van der Waals surface area contributed by atoms with Crippen LogP contribution in [0.15, 0.2) is 59.7 Å². The highest BCUT2D eigenvalue weighted by molar-refractivity contribution is 6.32. The molecule has 7 nitrogen and oxygen atoms in total. The van der Waals surface area contributed by atoms with Crippen molar-refractivity contribution in [2.45, 2.75) is 0 Å². The number of hydrogen-bond donors (Lipinski definition) is 0. The third kappa shape index (κ3) is 2.74. The molecule has 0 fully saturated rings. The van der Waals surface area contributed by atoms with Gasteiger partial charge in [0.2, 0.25) is 0 Å². The number of nitrogens with zero attached hydrogens (tertiary/aromatic N) is 3. The smallest absolute Gasteiger partial charge is 0.267 e. The normalized spacial score (nSPS) is 13.6. The van der Waals surface area contributed by atoms with Gasteiger partial charge in [-0.3, -0.25) is 19.7 Å². The molecule has 3 aromatic carbocycles. The van der Waals surface area contributed by atoms with Crippen LogP contribution in [-0.2, 0) is 0 Å². The third-order valence-corrected chi connectivity index (χ3v) is 4.56. The summed E-state index contributed by atoms with van der Waals surface area (Å²) in [5.74, 6) is -1.10. The number of hydrazone groups is 1. The van der Waals surface area contributed by atoms with Gasteiger partial charge in [-0.25, -0.2) is 0 Å². The Morgan fingerprint density at radius 1 is 1.00 bits per heavy atom. The Morgan fingerprint density at radius 3 is 2.22 bits per heavy atom. The molecule has 0 N–H and O–H groups in total. The lowest BCUT2D eigenvalue weighted by Crippen LogP contribution is -2.36. The second kappa shape index (κ2) is 6.30. The zero-order valence-electron chi connectivity index (χ0n) is 13.6. The first-order valence-corrected chi connectivity index (χ1v) is 8.23. The van der Waals surface area contributed by atoms with E-state index in [0.29, 0.717) is 22.1 Å². The fourth-order valence-corrected chi connectivity index (χ4v) is 3.18. The van der Waals surface area contributed by atoms with Gasteiger partial charge in [0.05, 0.1) is 22.3 Å². The Balaban J connectivity index is 1.75. The van der Waals surface area contributed by atoms with Crippen LogP contribution < -0.4 is 0 Å². The lowest BCUT2D eigenvalue weighted by atomic mass is 9.95. The number of benzene rings is 3. The number of nitro groups is 1. The van der Waals surface area contributed by atoms with Gasteiger partial charge in [-0.15, -0.1) is 0 Å². The SMILES string of the molecule is O=C1c2cccc3cccc(c23)C(=O)N1/N=C\c1ccc(Cl)c([N+](=O)[O-])c1. The molecule has 8 heteroatoms. The van der Waals surface area contributed by atoms with E-state index >= 15 is 0 Å². The summed E-state index contributed by atoms with van der Waals surface area (Å²) < 4.78 is 0. The Morgan fingerprint density at radius 2 is 1.63 bits per heavy atom. The van der Waals surface area contributed by atoms with Crippen LogP contribution in [0.1, 0.15) is 26.3 Å². The zero-order chi connectivity index (χ0) is 19.1. The predicted octanol–water partition coefficient (Wildman–Crippen LogP) is 4.03. The summed E-state index contributed by atoms with van der Waals surface area (Å²) in [7, 11) is 0. The van der Waals surface area contributed by atoms with Crippen LogP contribution in [0.2, 0.25) is 5.02 Å². The Bertz CT molecular complexity index is 1120. The van der Waals surface area contributed by atoms with Crippen LogP contribution >= 0.6 is 11.6 Å². The third-order valence-electron chi connectivity index (χ3n) is 4.24. The lowest BCUT2D eigenvalue weighted by molar-refractivity contribution is -0.384. The average molecular weight is 380 g/mol. The molecule has 0 atom stereocenters. The minimum atomic E-state index is -0.617. The van der Waals surface area contributed by atoms with Crippen molar-refractivity contribution in [1.82, 2.24) is 5.01 Å². The Labute approximate surface area is 157 Å². The highest BCUT2D eigenvalue weighted by Gasteiger charge is 2.32. The molecule has 1 aliphatic rings. The van der Waals surface area contributed by atoms with E-state index in [1.807, 2.05) is 12.1 Å². The fourth-order valence-electron chi connectivity index (χ4n) is 3.00. The number of amides is 2. The Hall–Kier alpha value is -3.58. The van der Waals surface area contributed by atoms with Gasteiger partial charge in [0, 0.05) is 17.0 Å². The van der Waals surface area contributed by atoms with Gasteiger partial charge in [0.25, 0.3) is 17.5 Å². The number of rotatable bonds is 3. The van der Waals surface area contributed by atoms with Crippen molar-refractivity contribution >= 4 is 46.1 Å². The minimum Gasteiger partial charge on any atom is -0.267 e. The molecular weight excluding hydrogens is 370 g/mol. The van der Waals surface area contributed by atoms with Crippen LogP contribution in [0.4, 0.5) is 5.69 Å². The number of imide groups is 1. The second-order valence-electron chi connectivity index (χ2n) is 5.84. The largest absolute Gasteiger partial charge is 0.288 e. The standard InChI is InChI=1S/C19H10ClN3O4/c20-15-8-7-11(9-16(15)23(26)27)10-21-22-18(24)13-5-1-3-12-4-2-6-14(17(12)13)19(22)25/h1-10H/b21-10-. The topological polar surface area (TPSA) is 92.9 Å². The Kier molecular flexibility index (Phi) is 3.93. The number of halogens is 1. The van der Waals surface area contributed by atoms with Gasteiger partial charge in [-0.1, -0.05) is 41.9 Å². The monoisotopic (exact) mass is 379 g/mol. The van der Waals surface area contributed by atoms with Gasteiger partial charge in [-0.2, -0.15) is 10.1 Å². The second-order valence-corrected chi connectivity index (χ2v) is 6.25. The maximum Gasteiger partial charge on any atom is 0.288 e. The lowest BCUT2D eigenvalue weighted by Gasteiger charge is -2.22. The predicted molar refractivity (Wildman–Crippen MR) is 100 cm³/mol. The highest BCUT2D eigenvalue weighted by Crippen LogP contribution is 2.30. The highest BCUT2D eigenvalue weighted by atomic mass is 35.5. The molecule has 0 spiro atoms. The van der Waals surface area contributed by atoms with Crippen LogP contribution in [0.25, 0.3) is 10.8 Å². The number of carbonyl (C=O) groups excluding carboxylic acids is 2. The summed E-state index contributed by atoms with van der Waals surface area (Å²) >= 11 is 5.78. The van der Waals surface area contributed by atoms with E-state index in [1.54, 1.807) is 24.3 Å². The van der Waals surface area contributed by atoms with Crippen molar-refractivity contribution in [3.63, 3.8) is 0 Å². The molecular formula is C19H10ClN3O4. The van der Waals surface area contributed by atoms with Crippen LogP contribution in [0.3, 0.4) is 0 Å². The van der Waals surface area contributed by atoms with Gasteiger partial charge in [0.15, 0.2) is 0 Å². The van der Waals surface area contributed by atoms with E-state index in [-0.39, 0.29) is 10.7 Å². The molecule has 0 saturated heterocycles. The van der Waals surface area contributed by atoms with Gasteiger partial charge >= 0.3 is 0 Å². The molecule has 4 rings (SSSR count). The van der Waals surface area contributed by atoms with Crippen molar-refractivity contribution in [2.75, 3.05) is 0 Å². The summed E-state index contributed by atoms with van der Waals surface area (Å²) in [5, 5.41) is 17.1. The first kappa shape index (κ1) is 16.9. The molecule has 27 heavy (non-hydrogen) atoms. The van der Waals surface area contributed by atoms with Crippen molar-refractivity contribution in [2.24, 2.45) is 5.10 Å².